The van der Waals surface area contributed by atoms with Gasteiger partial charge in [0, 0.05) is 35.2 Å². The number of nitrogens with zero attached hydrogens (tertiary/aromatic N) is 1. The molecule has 0 saturated carbocycles. The molecule has 106 valence electrons. The van der Waals surface area contributed by atoms with E-state index in [1.54, 1.807) is 31.5 Å². The predicted octanol–water partition coefficient (Wildman–Crippen LogP) is 3.54. The lowest BCUT2D eigenvalue weighted by molar-refractivity contribution is 0.175. The van der Waals surface area contributed by atoms with E-state index in [0.717, 1.165) is 11.1 Å². The van der Waals surface area contributed by atoms with Crippen LogP contribution in [-0.2, 0) is 12.8 Å². The Morgan fingerprint density at radius 2 is 2.00 bits per heavy atom. The van der Waals surface area contributed by atoms with Gasteiger partial charge in [-0.2, -0.15) is 0 Å². The highest BCUT2D eigenvalue weighted by atomic mass is 35.5. The van der Waals surface area contributed by atoms with Crippen LogP contribution in [0.5, 0.6) is 5.88 Å². The minimum Gasteiger partial charge on any atom is -0.481 e. The molecule has 0 bridgehead atoms. The normalized spacial score (nSPS) is 12.2. The summed E-state index contributed by atoms with van der Waals surface area (Å²) in [6, 6.07) is 8.94. The summed E-state index contributed by atoms with van der Waals surface area (Å²) in [5, 5.41) is 11.3. The zero-order chi connectivity index (χ0) is 14.5. The standard InChI is InChI=1S/C15H15Cl2NO2/c1-20-15-5-2-10(9-18-15)6-13(19)7-11-3-4-12(16)8-14(11)17/h2-5,8-9,13,19H,6-7H2,1H3. The second-order valence-corrected chi connectivity index (χ2v) is 5.35. The molecular formula is C15H15Cl2NO2. The number of aliphatic hydroxyl groups excluding tert-OH is 1. The van der Waals surface area contributed by atoms with Gasteiger partial charge in [0.1, 0.15) is 0 Å². The topological polar surface area (TPSA) is 42.4 Å². The summed E-state index contributed by atoms with van der Waals surface area (Å²) in [7, 11) is 1.57. The van der Waals surface area contributed by atoms with E-state index in [4.69, 9.17) is 27.9 Å². The second-order valence-electron chi connectivity index (χ2n) is 4.51. The fourth-order valence-electron chi connectivity index (χ4n) is 1.94. The van der Waals surface area contributed by atoms with E-state index < -0.39 is 6.10 Å². The minimum absolute atomic E-state index is 0.474. The van der Waals surface area contributed by atoms with Crippen molar-refractivity contribution in [1.82, 2.24) is 4.98 Å². The second kappa shape index (κ2) is 6.93. The first-order valence-electron chi connectivity index (χ1n) is 6.19. The molecule has 2 rings (SSSR count). The summed E-state index contributed by atoms with van der Waals surface area (Å²) < 4.78 is 4.99. The smallest absolute Gasteiger partial charge is 0.212 e. The van der Waals surface area contributed by atoms with Crippen LogP contribution >= 0.6 is 23.2 Å². The zero-order valence-electron chi connectivity index (χ0n) is 11.0. The summed E-state index contributed by atoms with van der Waals surface area (Å²) in [5.41, 5.74) is 1.83. The maximum absolute atomic E-state index is 10.1. The minimum atomic E-state index is -0.524. The van der Waals surface area contributed by atoms with Gasteiger partial charge in [0.15, 0.2) is 0 Å². The summed E-state index contributed by atoms with van der Waals surface area (Å²) in [5.74, 6) is 0.559. The largest absolute Gasteiger partial charge is 0.481 e. The Bertz CT molecular complexity index is 573. The van der Waals surface area contributed by atoms with Crippen molar-refractivity contribution in [3.05, 3.63) is 57.7 Å². The number of rotatable bonds is 5. The summed E-state index contributed by atoms with van der Waals surface area (Å²) in [4.78, 5) is 4.11. The van der Waals surface area contributed by atoms with Crippen molar-refractivity contribution in [2.45, 2.75) is 18.9 Å². The number of methoxy groups -OCH3 is 1. The van der Waals surface area contributed by atoms with E-state index in [1.165, 1.54) is 0 Å². The molecule has 1 aromatic heterocycles. The van der Waals surface area contributed by atoms with Gasteiger partial charge in [-0.1, -0.05) is 35.3 Å². The highest BCUT2D eigenvalue weighted by molar-refractivity contribution is 6.35. The van der Waals surface area contributed by atoms with Crippen molar-refractivity contribution < 1.29 is 9.84 Å². The molecule has 5 heteroatoms. The van der Waals surface area contributed by atoms with Crippen molar-refractivity contribution in [2.24, 2.45) is 0 Å². The van der Waals surface area contributed by atoms with Gasteiger partial charge in [-0.15, -0.1) is 0 Å². The van der Waals surface area contributed by atoms with Crippen molar-refractivity contribution in [3.63, 3.8) is 0 Å². The number of ether oxygens (including phenoxy) is 1. The molecule has 20 heavy (non-hydrogen) atoms. The molecule has 0 spiro atoms. The molecule has 0 saturated heterocycles. The van der Waals surface area contributed by atoms with Gasteiger partial charge in [0.25, 0.3) is 0 Å². The molecular weight excluding hydrogens is 297 g/mol. The molecule has 0 radical (unpaired) electrons. The Labute approximate surface area is 128 Å². The Balaban J connectivity index is 1.99. The Kier molecular flexibility index (Phi) is 5.24. The van der Waals surface area contributed by atoms with Crippen LogP contribution in [0.1, 0.15) is 11.1 Å². The van der Waals surface area contributed by atoms with E-state index in [-0.39, 0.29) is 0 Å². The molecule has 0 aliphatic carbocycles. The van der Waals surface area contributed by atoms with Gasteiger partial charge < -0.3 is 9.84 Å². The van der Waals surface area contributed by atoms with Gasteiger partial charge in [-0.05, 0) is 23.3 Å². The summed E-state index contributed by atoms with van der Waals surface area (Å²) >= 11 is 11.9. The molecule has 0 fully saturated rings. The van der Waals surface area contributed by atoms with Crippen LogP contribution in [-0.4, -0.2) is 23.3 Å². The van der Waals surface area contributed by atoms with E-state index in [1.807, 2.05) is 12.1 Å². The first kappa shape index (κ1) is 15.1. The van der Waals surface area contributed by atoms with Gasteiger partial charge >= 0.3 is 0 Å². The number of aliphatic hydroxyl groups is 1. The van der Waals surface area contributed by atoms with E-state index in [2.05, 4.69) is 4.98 Å². The Morgan fingerprint density at radius 1 is 1.20 bits per heavy atom. The van der Waals surface area contributed by atoms with Gasteiger partial charge in [-0.25, -0.2) is 4.98 Å². The number of pyridine rings is 1. The molecule has 1 atom stereocenters. The van der Waals surface area contributed by atoms with Gasteiger partial charge in [0.05, 0.1) is 13.2 Å². The highest BCUT2D eigenvalue weighted by Crippen LogP contribution is 2.22. The first-order chi connectivity index (χ1) is 9.58. The maximum atomic E-state index is 10.1. The van der Waals surface area contributed by atoms with Crippen molar-refractivity contribution in [3.8, 4) is 5.88 Å². The average Bonchev–Trinajstić information content (AvgIpc) is 2.43. The summed E-state index contributed by atoms with van der Waals surface area (Å²) in [6.07, 6.45) is 2.16. The first-order valence-corrected chi connectivity index (χ1v) is 6.95. The lowest BCUT2D eigenvalue weighted by atomic mass is 10.0. The maximum Gasteiger partial charge on any atom is 0.212 e. The fourth-order valence-corrected chi connectivity index (χ4v) is 2.42. The van der Waals surface area contributed by atoms with Crippen LogP contribution in [0, 0.1) is 0 Å². The van der Waals surface area contributed by atoms with E-state index in [9.17, 15) is 5.11 Å². The molecule has 0 aliphatic rings. The molecule has 1 unspecified atom stereocenters. The number of benzene rings is 1. The SMILES string of the molecule is COc1ccc(CC(O)Cc2ccc(Cl)cc2Cl)cn1. The Morgan fingerprint density at radius 3 is 2.60 bits per heavy atom. The third-order valence-electron chi connectivity index (χ3n) is 2.95. The van der Waals surface area contributed by atoms with Gasteiger partial charge in [0.2, 0.25) is 5.88 Å². The van der Waals surface area contributed by atoms with Crippen molar-refractivity contribution in [1.29, 1.82) is 0 Å². The zero-order valence-corrected chi connectivity index (χ0v) is 12.5. The monoisotopic (exact) mass is 311 g/mol. The number of aromatic nitrogens is 1. The molecule has 1 heterocycles. The molecule has 0 amide bonds. The molecule has 2 aromatic rings. The van der Waals surface area contributed by atoms with Crippen LogP contribution < -0.4 is 4.74 Å². The molecule has 0 aliphatic heterocycles. The highest BCUT2D eigenvalue weighted by Gasteiger charge is 2.10. The van der Waals surface area contributed by atoms with Crippen LogP contribution in [0.15, 0.2) is 36.5 Å². The molecule has 3 nitrogen and oxygen atoms in total. The molecule has 1 N–H and O–H groups in total. The Hall–Kier alpha value is -1.29. The van der Waals surface area contributed by atoms with Crippen LogP contribution in [0.4, 0.5) is 0 Å². The summed E-state index contributed by atoms with van der Waals surface area (Å²) in [6.45, 7) is 0. The number of hydrogen-bond donors (Lipinski definition) is 1. The average molecular weight is 312 g/mol. The van der Waals surface area contributed by atoms with Crippen LogP contribution in [0.25, 0.3) is 0 Å². The number of hydrogen-bond acceptors (Lipinski definition) is 3. The van der Waals surface area contributed by atoms with E-state index in [0.29, 0.717) is 28.8 Å². The van der Waals surface area contributed by atoms with E-state index >= 15 is 0 Å². The lowest BCUT2D eigenvalue weighted by Crippen LogP contribution is -2.14. The third kappa shape index (κ3) is 4.10. The van der Waals surface area contributed by atoms with Crippen LogP contribution in [0.3, 0.4) is 0 Å². The van der Waals surface area contributed by atoms with Crippen LogP contribution in [0.2, 0.25) is 10.0 Å². The van der Waals surface area contributed by atoms with Crippen molar-refractivity contribution >= 4 is 23.2 Å². The van der Waals surface area contributed by atoms with Crippen molar-refractivity contribution in [2.75, 3.05) is 7.11 Å². The molecule has 1 aromatic carbocycles. The lowest BCUT2D eigenvalue weighted by Gasteiger charge is -2.12. The third-order valence-corrected chi connectivity index (χ3v) is 3.54. The number of halogens is 2. The van der Waals surface area contributed by atoms with Gasteiger partial charge in [-0.3, -0.25) is 0 Å². The fraction of sp³-hybridized carbons (Fsp3) is 0.267. The predicted molar refractivity (Wildman–Crippen MR) is 80.7 cm³/mol. The quantitative estimate of drug-likeness (QED) is 0.918.